The molecule has 112 valence electrons. The highest BCUT2D eigenvalue weighted by Gasteiger charge is 2.47. The summed E-state index contributed by atoms with van der Waals surface area (Å²) in [5.74, 6) is 0.602. The summed E-state index contributed by atoms with van der Waals surface area (Å²) in [6, 6.07) is -0.265. The molecule has 5 heteroatoms. The molecule has 0 spiro atoms. The molecule has 2 unspecified atom stereocenters. The summed E-state index contributed by atoms with van der Waals surface area (Å²) in [7, 11) is 0. The van der Waals surface area contributed by atoms with Crippen molar-refractivity contribution in [2.24, 2.45) is 5.92 Å². The lowest BCUT2D eigenvalue weighted by Gasteiger charge is -2.44. The van der Waals surface area contributed by atoms with Crippen LogP contribution in [-0.2, 0) is 9.59 Å². The quantitative estimate of drug-likeness (QED) is 0.864. The van der Waals surface area contributed by atoms with Crippen LogP contribution in [0.3, 0.4) is 0 Å². The summed E-state index contributed by atoms with van der Waals surface area (Å²) in [6.07, 6.45) is 8.75. The van der Waals surface area contributed by atoms with Crippen molar-refractivity contribution in [3.63, 3.8) is 0 Å². The first-order chi connectivity index (χ1) is 9.61. The first kappa shape index (κ1) is 14.2. The number of nitrogens with one attached hydrogen (secondary N) is 1. The van der Waals surface area contributed by atoms with Gasteiger partial charge in [0, 0.05) is 11.3 Å². The lowest BCUT2D eigenvalue weighted by atomic mass is 9.90. The minimum absolute atomic E-state index is 0.0356. The van der Waals surface area contributed by atoms with Gasteiger partial charge in [0.25, 0.3) is 0 Å². The van der Waals surface area contributed by atoms with E-state index in [0.717, 1.165) is 43.8 Å². The van der Waals surface area contributed by atoms with E-state index in [1.54, 1.807) is 0 Å². The number of carbonyl (C=O) groups excluding carboxylic acids is 2. The lowest BCUT2D eigenvalue weighted by molar-refractivity contribution is -0.152. The lowest BCUT2D eigenvalue weighted by Crippen LogP contribution is -2.65. The van der Waals surface area contributed by atoms with Crippen LogP contribution < -0.4 is 5.32 Å². The number of amides is 2. The van der Waals surface area contributed by atoms with Crippen molar-refractivity contribution in [2.75, 3.05) is 6.26 Å². The van der Waals surface area contributed by atoms with Crippen molar-refractivity contribution in [3.8, 4) is 0 Å². The monoisotopic (exact) mass is 296 g/mol. The summed E-state index contributed by atoms with van der Waals surface area (Å²) >= 11 is 1.93. The van der Waals surface area contributed by atoms with Crippen LogP contribution in [0.4, 0.5) is 0 Å². The molecule has 2 saturated carbocycles. The van der Waals surface area contributed by atoms with E-state index < -0.39 is 0 Å². The molecule has 0 radical (unpaired) electrons. The molecular weight excluding hydrogens is 272 g/mol. The van der Waals surface area contributed by atoms with Gasteiger partial charge in [-0.15, -0.1) is 0 Å². The summed E-state index contributed by atoms with van der Waals surface area (Å²) in [4.78, 5) is 26.8. The second kappa shape index (κ2) is 5.58. The van der Waals surface area contributed by atoms with Crippen molar-refractivity contribution < 1.29 is 9.59 Å². The van der Waals surface area contributed by atoms with Gasteiger partial charge in [0.1, 0.15) is 12.1 Å². The molecule has 0 bridgehead atoms. The Kier molecular flexibility index (Phi) is 3.98. The van der Waals surface area contributed by atoms with Crippen LogP contribution in [-0.4, -0.2) is 46.3 Å². The summed E-state index contributed by atoms with van der Waals surface area (Å²) < 4.78 is 0. The van der Waals surface area contributed by atoms with Crippen molar-refractivity contribution >= 4 is 23.6 Å². The highest BCUT2D eigenvalue weighted by Crippen LogP contribution is 2.37. The van der Waals surface area contributed by atoms with Crippen LogP contribution in [0.15, 0.2) is 0 Å². The van der Waals surface area contributed by atoms with Gasteiger partial charge in [0.05, 0.1) is 0 Å². The number of hydrogen-bond acceptors (Lipinski definition) is 3. The van der Waals surface area contributed by atoms with Gasteiger partial charge in [-0.25, -0.2) is 0 Å². The predicted octanol–water partition coefficient (Wildman–Crippen LogP) is 1.79. The SMILES string of the molecule is CSC1CCC(N2C(=O)C(C3CC3)NC(=O)C2C)CC1. The maximum absolute atomic E-state index is 12.7. The first-order valence-corrected chi connectivity index (χ1v) is 9.06. The molecule has 1 saturated heterocycles. The Morgan fingerprint density at radius 3 is 2.30 bits per heavy atom. The zero-order valence-corrected chi connectivity index (χ0v) is 13.1. The smallest absolute Gasteiger partial charge is 0.246 e. The number of hydrogen-bond donors (Lipinski definition) is 1. The van der Waals surface area contributed by atoms with E-state index in [4.69, 9.17) is 0 Å². The molecule has 3 rings (SSSR count). The van der Waals surface area contributed by atoms with Crippen LogP contribution in [0.1, 0.15) is 45.4 Å². The van der Waals surface area contributed by atoms with Crippen LogP contribution in [0, 0.1) is 5.92 Å². The third-order valence-electron chi connectivity index (χ3n) is 5.08. The number of rotatable bonds is 3. The first-order valence-electron chi connectivity index (χ1n) is 7.77. The largest absolute Gasteiger partial charge is 0.342 e. The van der Waals surface area contributed by atoms with Gasteiger partial charge in [0.2, 0.25) is 11.8 Å². The Bertz CT molecular complexity index is 403. The molecule has 3 fully saturated rings. The standard InChI is InChI=1S/C15H24N2O2S/c1-9-14(18)16-13(10-3-4-10)15(19)17(9)11-5-7-12(20-2)8-6-11/h9-13H,3-8H2,1-2H3,(H,16,18). The molecule has 20 heavy (non-hydrogen) atoms. The molecule has 3 aliphatic rings. The van der Waals surface area contributed by atoms with Gasteiger partial charge >= 0.3 is 0 Å². The number of nitrogens with zero attached hydrogens (tertiary/aromatic N) is 1. The minimum atomic E-state index is -0.298. The molecule has 0 aromatic carbocycles. The van der Waals surface area contributed by atoms with Crippen LogP contribution >= 0.6 is 11.8 Å². The van der Waals surface area contributed by atoms with E-state index in [1.165, 1.54) is 0 Å². The fraction of sp³-hybridized carbons (Fsp3) is 0.867. The predicted molar refractivity (Wildman–Crippen MR) is 80.5 cm³/mol. The van der Waals surface area contributed by atoms with Crippen molar-refractivity contribution in [3.05, 3.63) is 0 Å². The van der Waals surface area contributed by atoms with Crippen LogP contribution in [0.5, 0.6) is 0 Å². The van der Waals surface area contributed by atoms with Gasteiger partial charge in [-0.2, -0.15) is 11.8 Å². The van der Waals surface area contributed by atoms with E-state index in [0.29, 0.717) is 5.92 Å². The third kappa shape index (κ3) is 2.57. The molecule has 2 amide bonds. The fourth-order valence-electron chi connectivity index (χ4n) is 3.62. The minimum Gasteiger partial charge on any atom is -0.342 e. The zero-order valence-electron chi connectivity index (χ0n) is 12.3. The van der Waals surface area contributed by atoms with Crippen LogP contribution in [0.2, 0.25) is 0 Å². The Morgan fingerprint density at radius 2 is 1.75 bits per heavy atom. The van der Waals surface area contributed by atoms with Crippen molar-refractivity contribution in [2.45, 2.75) is 68.8 Å². The third-order valence-corrected chi connectivity index (χ3v) is 6.22. The summed E-state index contributed by atoms with van der Waals surface area (Å²) in [5, 5.41) is 3.66. The number of carbonyl (C=O) groups is 2. The highest BCUT2D eigenvalue weighted by atomic mass is 32.2. The topological polar surface area (TPSA) is 49.4 Å². The Hall–Kier alpha value is -0.710. The Labute approximate surface area is 125 Å². The van der Waals surface area contributed by atoms with Crippen LogP contribution in [0.25, 0.3) is 0 Å². The maximum atomic E-state index is 12.7. The molecule has 0 aromatic heterocycles. The Morgan fingerprint density at radius 1 is 1.10 bits per heavy atom. The molecule has 1 aliphatic heterocycles. The van der Waals surface area contributed by atoms with E-state index in [2.05, 4.69) is 11.6 Å². The van der Waals surface area contributed by atoms with Crippen molar-refractivity contribution in [1.29, 1.82) is 0 Å². The Balaban J connectivity index is 1.72. The number of piperazine rings is 1. The molecule has 4 nitrogen and oxygen atoms in total. The maximum Gasteiger partial charge on any atom is 0.246 e. The highest BCUT2D eigenvalue weighted by molar-refractivity contribution is 7.99. The molecular formula is C15H24N2O2S. The average molecular weight is 296 g/mol. The van der Waals surface area contributed by atoms with E-state index in [-0.39, 0.29) is 29.9 Å². The average Bonchev–Trinajstić information content (AvgIpc) is 3.28. The second-order valence-electron chi connectivity index (χ2n) is 6.41. The normalized spacial score (nSPS) is 38.8. The summed E-state index contributed by atoms with van der Waals surface area (Å²) in [5.41, 5.74) is 0. The van der Waals surface area contributed by atoms with E-state index in [1.807, 2.05) is 23.6 Å². The van der Waals surface area contributed by atoms with Gasteiger partial charge in [-0.1, -0.05) is 0 Å². The van der Waals surface area contributed by atoms with Gasteiger partial charge in [-0.05, 0) is 57.6 Å². The number of thioether (sulfide) groups is 1. The van der Waals surface area contributed by atoms with Gasteiger partial charge in [-0.3, -0.25) is 9.59 Å². The fourth-order valence-corrected chi connectivity index (χ4v) is 4.36. The second-order valence-corrected chi connectivity index (χ2v) is 7.55. The van der Waals surface area contributed by atoms with E-state index in [9.17, 15) is 9.59 Å². The molecule has 0 aromatic rings. The van der Waals surface area contributed by atoms with Gasteiger partial charge < -0.3 is 10.2 Å². The zero-order chi connectivity index (χ0) is 14.3. The van der Waals surface area contributed by atoms with Crippen molar-refractivity contribution in [1.82, 2.24) is 10.2 Å². The molecule has 2 atom stereocenters. The molecule has 1 N–H and O–H groups in total. The van der Waals surface area contributed by atoms with E-state index >= 15 is 0 Å². The molecule has 2 aliphatic carbocycles. The van der Waals surface area contributed by atoms with Gasteiger partial charge in [0.15, 0.2) is 0 Å². The molecule has 1 heterocycles. The summed E-state index contributed by atoms with van der Waals surface area (Å²) in [6.45, 7) is 1.87.